The summed E-state index contributed by atoms with van der Waals surface area (Å²) >= 11 is 0. The van der Waals surface area contributed by atoms with Gasteiger partial charge in [0, 0.05) is 32.9 Å². The standard InChI is InChI=1S/C13H24N4O4S/c1-6-17(7-2)9-8-14-22(20,21)11-10(3)15(4)13(19)16(5)12(11)18/h14H,6-9H2,1-5H3. The van der Waals surface area contributed by atoms with E-state index in [4.69, 9.17) is 0 Å². The molecule has 0 saturated carbocycles. The lowest BCUT2D eigenvalue weighted by Crippen LogP contribution is -2.44. The zero-order chi connectivity index (χ0) is 17.1. The molecule has 0 fully saturated rings. The Kier molecular flexibility index (Phi) is 6.09. The molecule has 0 aliphatic carbocycles. The van der Waals surface area contributed by atoms with Crippen molar-refractivity contribution < 1.29 is 8.42 Å². The predicted molar refractivity (Wildman–Crippen MR) is 84.6 cm³/mol. The van der Waals surface area contributed by atoms with Crippen molar-refractivity contribution in [1.29, 1.82) is 0 Å². The van der Waals surface area contributed by atoms with E-state index in [0.717, 1.165) is 22.2 Å². The van der Waals surface area contributed by atoms with E-state index < -0.39 is 21.3 Å². The van der Waals surface area contributed by atoms with Crippen molar-refractivity contribution in [2.24, 2.45) is 14.1 Å². The van der Waals surface area contributed by atoms with Crippen LogP contribution in [0.25, 0.3) is 0 Å². The summed E-state index contributed by atoms with van der Waals surface area (Å²) in [5, 5.41) is 0. The molecule has 0 saturated heterocycles. The zero-order valence-electron chi connectivity index (χ0n) is 13.7. The highest BCUT2D eigenvalue weighted by Crippen LogP contribution is 2.06. The Balaban J connectivity index is 3.15. The van der Waals surface area contributed by atoms with Crippen LogP contribution in [0.2, 0.25) is 0 Å². The molecule has 8 nitrogen and oxygen atoms in total. The smallest absolute Gasteiger partial charge is 0.303 e. The van der Waals surface area contributed by atoms with Gasteiger partial charge in [-0.2, -0.15) is 0 Å². The minimum atomic E-state index is -3.97. The molecule has 0 spiro atoms. The third kappa shape index (κ3) is 3.65. The van der Waals surface area contributed by atoms with Crippen LogP contribution in [0.1, 0.15) is 19.5 Å². The average molecular weight is 332 g/mol. The molecule has 0 atom stereocenters. The molecule has 0 bridgehead atoms. The molecule has 0 aliphatic rings. The fourth-order valence-electron chi connectivity index (χ4n) is 2.17. The molecule has 9 heteroatoms. The van der Waals surface area contributed by atoms with Crippen molar-refractivity contribution in [2.75, 3.05) is 26.2 Å². The Morgan fingerprint density at radius 3 is 2.14 bits per heavy atom. The first-order valence-corrected chi connectivity index (χ1v) is 8.64. The first kappa shape index (κ1) is 18.6. The Labute approximate surface area is 130 Å². The first-order chi connectivity index (χ1) is 10.2. The van der Waals surface area contributed by atoms with Gasteiger partial charge in [-0.15, -0.1) is 0 Å². The average Bonchev–Trinajstić information content (AvgIpc) is 2.47. The van der Waals surface area contributed by atoms with Gasteiger partial charge in [0.25, 0.3) is 5.56 Å². The van der Waals surface area contributed by atoms with E-state index in [0.29, 0.717) is 6.54 Å². The molecule has 126 valence electrons. The summed E-state index contributed by atoms with van der Waals surface area (Å²) < 4.78 is 29.2. The molecule has 1 rings (SSSR count). The van der Waals surface area contributed by atoms with Crippen molar-refractivity contribution in [3.05, 3.63) is 26.5 Å². The van der Waals surface area contributed by atoms with Crippen LogP contribution in [0.3, 0.4) is 0 Å². The van der Waals surface area contributed by atoms with Crippen LogP contribution in [0, 0.1) is 6.92 Å². The SMILES string of the molecule is CCN(CC)CCNS(=O)(=O)c1c(C)n(C)c(=O)n(C)c1=O. The molecule has 0 unspecified atom stereocenters. The summed E-state index contributed by atoms with van der Waals surface area (Å²) in [4.78, 5) is 25.6. The topological polar surface area (TPSA) is 93.4 Å². The van der Waals surface area contributed by atoms with Crippen LogP contribution in [0.4, 0.5) is 0 Å². The van der Waals surface area contributed by atoms with E-state index >= 15 is 0 Å². The van der Waals surface area contributed by atoms with Crippen LogP contribution < -0.4 is 16.0 Å². The first-order valence-electron chi connectivity index (χ1n) is 7.16. The summed E-state index contributed by atoms with van der Waals surface area (Å²) in [7, 11) is -1.27. The number of rotatable bonds is 7. The Morgan fingerprint density at radius 1 is 1.09 bits per heavy atom. The van der Waals surface area contributed by atoms with Gasteiger partial charge < -0.3 is 4.90 Å². The Bertz CT molecular complexity index is 745. The predicted octanol–water partition coefficient (Wildman–Crippen LogP) is -0.987. The molecule has 1 heterocycles. The number of likely N-dealkylation sites (N-methyl/N-ethyl adjacent to an activating group) is 1. The molecular weight excluding hydrogens is 308 g/mol. The number of nitrogens with zero attached hydrogens (tertiary/aromatic N) is 3. The largest absolute Gasteiger partial charge is 0.330 e. The second-order valence-corrected chi connectivity index (χ2v) is 6.75. The van der Waals surface area contributed by atoms with Gasteiger partial charge >= 0.3 is 5.69 Å². The maximum atomic E-state index is 12.4. The normalized spacial score (nSPS) is 12.1. The van der Waals surface area contributed by atoms with Gasteiger partial charge in [-0.05, 0) is 20.0 Å². The van der Waals surface area contributed by atoms with Crippen LogP contribution in [0.5, 0.6) is 0 Å². The van der Waals surface area contributed by atoms with Crippen LogP contribution in [-0.4, -0.2) is 48.6 Å². The highest BCUT2D eigenvalue weighted by atomic mass is 32.2. The molecule has 0 radical (unpaired) electrons. The molecule has 0 amide bonds. The van der Waals surface area contributed by atoms with E-state index in [1.54, 1.807) is 0 Å². The molecule has 1 aromatic rings. The third-order valence-electron chi connectivity index (χ3n) is 3.79. The van der Waals surface area contributed by atoms with E-state index in [1.165, 1.54) is 21.0 Å². The van der Waals surface area contributed by atoms with E-state index in [9.17, 15) is 18.0 Å². The third-order valence-corrected chi connectivity index (χ3v) is 5.38. The quantitative estimate of drug-likeness (QED) is 0.692. The van der Waals surface area contributed by atoms with Gasteiger partial charge in [-0.1, -0.05) is 13.8 Å². The molecule has 1 aromatic heterocycles. The second kappa shape index (κ2) is 7.21. The van der Waals surface area contributed by atoms with Crippen LogP contribution >= 0.6 is 0 Å². The van der Waals surface area contributed by atoms with E-state index in [1.807, 2.05) is 13.8 Å². The maximum absolute atomic E-state index is 12.4. The Hall–Kier alpha value is -1.45. The lowest BCUT2D eigenvalue weighted by molar-refractivity contribution is 0.309. The van der Waals surface area contributed by atoms with Crippen LogP contribution in [0.15, 0.2) is 14.5 Å². The van der Waals surface area contributed by atoms with Gasteiger partial charge in [0.05, 0.1) is 0 Å². The van der Waals surface area contributed by atoms with Crippen molar-refractivity contribution in [1.82, 2.24) is 18.8 Å². The van der Waals surface area contributed by atoms with Crippen molar-refractivity contribution >= 4 is 10.0 Å². The fourth-order valence-corrected chi connectivity index (χ4v) is 3.57. The summed E-state index contributed by atoms with van der Waals surface area (Å²) in [5.41, 5.74) is -1.23. The number of nitrogens with one attached hydrogen (secondary N) is 1. The van der Waals surface area contributed by atoms with E-state index in [-0.39, 0.29) is 17.1 Å². The molecule has 1 N–H and O–H groups in total. The highest BCUT2D eigenvalue weighted by molar-refractivity contribution is 7.89. The second-order valence-electron chi connectivity index (χ2n) is 5.04. The summed E-state index contributed by atoms with van der Waals surface area (Å²) in [5.74, 6) is 0. The molecule has 22 heavy (non-hydrogen) atoms. The maximum Gasteiger partial charge on any atom is 0.330 e. The monoisotopic (exact) mass is 332 g/mol. The van der Waals surface area contributed by atoms with Crippen molar-refractivity contribution in [3.63, 3.8) is 0 Å². The van der Waals surface area contributed by atoms with Gasteiger partial charge in [-0.3, -0.25) is 13.9 Å². The number of sulfonamides is 1. The number of hydrogen-bond donors (Lipinski definition) is 1. The molecule has 0 aliphatic heterocycles. The lowest BCUT2D eigenvalue weighted by atomic mass is 10.4. The van der Waals surface area contributed by atoms with Crippen molar-refractivity contribution in [3.8, 4) is 0 Å². The molecular formula is C13H24N4O4S. The van der Waals surface area contributed by atoms with Crippen LogP contribution in [-0.2, 0) is 24.1 Å². The zero-order valence-corrected chi connectivity index (χ0v) is 14.5. The highest BCUT2D eigenvalue weighted by Gasteiger charge is 2.24. The summed E-state index contributed by atoms with van der Waals surface area (Å²) in [6.07, 6.45) is 0. The van der Waals surface area contributed by atoms with Gasteiger partial charge in [0.15, 0.2) is 4.90 Å². The molecule has 0 aromatic carbocycles. The fraction of sp³-hybridized carbons (Fsp3) is 0.692. The van der Waals surface area contributed by atoms with Gasteiger partial charge in [-0.25, -0.2) is 17.9 Å². The summed E-state index contributed by atoms with van der Waals surface area (Å²) in [6.45, 7) is 7.82. The minimum Gasteiger partial charge on any atom is -0.303 e. The van der Waals surface area contributed by atoms with E-state index in [2.05, 4.69) is 9.62 Å². The lowest BCUT2D eigenvalue weighted by Gasteiger charge is -2.18. The van der Waals surface area contributed by atoms with Gasteiger partial charge in [0.1, 0.15) is 0 Å². The van der Waals surface area contributed by atoms with Crippen molar-refractivity contribution in [2.45, 2.75) is 25.7 Å². The number of hydrogen-bond acceptors (Lipinski definition) is 5. The van der Waals surface area contributed by atoms with Gasteiger partial charge in [0.2, 0.25) is 10.0 Å². The summed E-state index contributed by atoms with van der Waals surface area (Å²) in [6, 6.07) is 0. The minimum absolute atomic E-state index is 0.128. The Morgan fingerprint density at radius 2 is 1.64 bits per heavy atom. The number of aromatic nitrogens is 2.